The number of methoxy groups -OCH3 is 1. The Kier molecular flexibility index (Phi) is 3.74. The van der Waals surface area contributed by atoms with Crippen LogP contribution >= 0.6 is 11.6 Å². The maximum absolute atomic E-state index is 13.9. The number of aliphatic hydroxyl groups excluding tert-OH is 1. The van der Waals surface area contributed by atoms with E-state index in [1.54, 1.807) is 25.3 Å². The van der Waals surface area contributed by atoms with Gasteiger partial charge in [0.25, 0.3) is 0 Å². The number of aliphatic hydroxyl groups is 1. The highest BCUT2D eigenvalue weighted by atomic mass is 35.5. The molecule has 1 aliphatic rings. The minimum Gasteiger partial charge on any atom is -0.497 e. The molecule has 1 N–H and O–H groups in total. The monoisotopic (exact) mass is 308 g/mol. The fraction of sp³-hybridized carbons (Fsp3) is 0.250. The Hall–Kier alpha value is -1.78. The third-order valence-corrected chi connectivity index (χ3v) is 3.82. The first-order valence-corrected chi connectivity index (χ1v) is 6.94. The molecule has 0 radical (unpaired) electrons. The molecule has 0 amide bonds. The lowest BCUT2D eigenvalue weighted by atomic mass is 9.94. The maximum Gasteiger partial charge on any atom is 0.130 e. The van der Waals surface area contributed by atoms with Crippen molar-refractivity contribution >= 4 is 11.6 Å². The molecule has 0 saturated heterocycles. The normalized spacial score (nSPS) is 20.6. The summed E-state index contributed by atoms with van der Waals surface area (Å²) >= 11 is 5.91. The number of halogens is 2. The van der Waals surface area contributed by atoms with Crippen LogP contribution in [0.1, 0.15) is 29.8 Å². The van der Waals surface area contributed by atoms with E-state index < -0.39 is 18.0 Å². The Bertz CT molecular complexity index is 675. The van der Waals surface area contributed by atoms with Gasteiger partial charge in [-0.2, -0.15) is 0 Å². The quantitative estimate of drug-likeness (QED) is 0.910. The van der Waals surface area contributed by atoms with E-state index >= 15 is 0 Å². The van der Waals surface area contributed by atoms with Crippen molar-refractivity contribution in [3.05, 3.63) is 58.4 Å². The van der Waals surface area contributed by atoms with Gasteiger partial charge in [0, 0.05) is 22.6 Å². The second-order valence-corrected chi connectivity index (χ2v) is 5.36. The first-order valence-electron chi connectivity index (χ1n) is 6.56. The smallest absolute Gasteiger partial charge is 0.130 e. The summed E-state index contributed by atoms with van der Waals surface area (Å²) < 4.78 is 24.9. The lowest BCUT2D eigenvalue weighted by molar-refractivity contribution is 0.0637. The standard InChI is InChI=1S/C16H14ClFO3/c1-20-10-3-5-15-12(7-10)14(19)8-16(21-15)11-6-9(17)2-4-13(11)18/h2-7,14,16,19H,8H2,1H3/t14-,16?/m0/s1. The van der Waals surface area contributed by atoms with Crippen LogP contribution in [0.5, 0.6) is 11.5 Å². The van der Waals surface area contributed by atoms with Crippen LogP contribution < -0.4 is 9.47 Å². The lowest BCUT2D eigenvalue weighted by Gasteiger charge is -2.30. The topological polar surface area (TPSA) is 38.7 Å². The molecule has 2 atom stereocenters. The van der Waals surface area contributed by atoms with Gasteiger partial charge in [-0.1, -0.05) is 11.6 Å². The summed E-state index contributed by atoms with van der Waals surface area (Å²) in [6.07, 6.45) is -1.05. The van der Waals surface area contributed by atoms with E-state index in [2.05, 4.69) is 0 Å². The van der Waals surface area contributed by atoms with Crippen LogP contribution in [-0.4, -0.2) is 12.2 Å². The highest BCUT2D eigenvalue weighted by Crippen LogP contribution is 2.43. The van der Waals surface area contributed by atoms with E-state index in [4.69, 9.17) is 21.1 Å². The van der Waals surface area contributed by atoms with Crippen LogP contribution in [0.25, 0.3) is 0 Å². The van der Waals surface area contributed by atoms with Crippen molar-refractivity contribution in [2.75, 3.05) is 7.11 Å². The molecule has 0 spiro atoms. The summed E-state index contributed by atoms with van der Waals surface area (Å²) in [7, 11) is 1.56. The zero-order valence-electron chi connectivity index (χ0n) is 11.3. The van der Waals surface area contributed by atoms with Crippen molar-refractivity contribution in [1.29, 1.82) is 0 Å². The molecule has 21 heavy (non-hydrogen) atoms. The Morgan fingerprint density at radius 3 is 2.81 bits per heavy atom. The number of fused-ring (bicyclic) bond motifs is 1. The van der Waals surface area contributed by atoms with Crippen molar-refractivity contribution in [2.45, 2.75) is 18.6 Å². The first kappa shape index (κ1) is 14.2. The van der Waals surface area contributed by atoms with Crippen LogP contribution in [-0.2, 0) is 0 Å². The molecule has 2 aromatic carbocycles. The molecule has 1 heterocycles. The molecule has 0 fully saturated rings. The molecule has 0 saturated carbocycles. The Morgan fingerprint density at radius 1 is 1.24 bits per heavy atom. The predicted octanol–water partition coefficient (Wildman–Crippen LogP) is 4.04. The first-order chi connectivity index (χ1) is 10.1. The van der Waals surface area contributed by atoms with Gasteiger partial charge in [-0.3, -0.25) is 0 Å². The molecule has 3 nitrogen and oxygen atoms in total. The second-order valence-electron chi connectivity index (χ2n) is 4.93. The van der Waals surface area contributed by atoms with Crippen molar-refractivity contribution in [3.63, 3.8) is 0 Å². The molecular weight excluding hydrogens is 295 g/mol. The molecule has 110 valence electrons. The van der Waals surface area contributed by atoms with E-state index in [-0.39, 0.29) is 6.42 Å². The Labute approximate surface area is 126 Å². The number of benzene rings is 2. The van der Waals surface area contributed by atoms with Crippen molar-refractivity contribution in [1.82, 2.24) is 0 Å². The molecule has 1 aliphatic heterocycles. The fourth-order valence-electron chi connectivity index (χ4n) is 2.50. The van der Waals surface area contributed by atoms with Crippen LogP contribution in [0.3, 0.4) is 0 Å². The van der Waals surface area contributed by atoms with Gasteiger partial charge in [-0.25, -0.2) is 4.39 Å². The van der Waals surface area contributed by atoms with Gasteiger partial charge in [-0.15, -0.1) is 0 Å². The molecule has 2 aromatic rings. The zero-order valence-corrected chi connectivity index (χ0v) is 12.1. The van der Waals surface area contributed by atoms with E-state index in [9.17, 15) is 9.50 Å². The largest absolute Gasteiger partial charge is 0.497 e. The third kappa shape index (κ3) is 2.69. The Morgan fingerprint density at radius 2 is 2.05 bits per heavy atom. The van der Waals surface area contributed by atoms with Gasteiger partial charge in [0.15, 0.2) is 0 Å². The van der Waals surface area contributed by atoms with Gasteiger partial charge in [0.2, 0.25) is 0 Å². The maximum atomic E-state index is 13.9. The summed E-state index contributed by atoms with van der Waals surface area (Å²) in [5.74, 6) is 0.774. The minimum absolute atomic E-state index is 0.261. The molecule has 3 rings (SSSR count). The van der Waals surface area contributed by atoms with E-state index in [1.807, 2.05) is 0 Å². The highest BCUT2D eigenvalue weighted by molar-refractivity contribution is 6.30. The van der Waals surface area contributed by atoms with Crippen molar-refractivity contribution < 1.29 is 19.0 Å². The van der Waals surface area contributed by atoms with Crippen LogP contribution in [0.15, 0.2) is 36.4 Å². The van der Waals surface area contributed by atoms with Crippen LogP contribution in [0.2, 0.25) is 5.02 Å². The molecule has 0 aliphatic carbocycles. The van der Waals surface area contributed by atoms with Gasteiger partial charge in [-0.05, 0) is 36.4 Å². The summed E-state index contributed by atoms with van der Waals surface area (Å²) in [4.78, 5) is 0. The molecule has 0 bridgehead atoms. The van der Waals surface area contributed by atoms with Gasteiger partial charge in [0.1, 0.15) is 23.4 Å². The van der Waals surface area contributed by atoms with Gasteiger partial charge >= 0.3 is 0 Å². The van der Waals surface area contributed by atoms with Crippen molar-refractivity contribution in [3.8, 4) is 11.5 Å². The minimum atomic E-state index is -0.743. The molecule has 0 aromatic heterocycles. The fourth-order valence-corrected chi connectivity index (χ4v) is 2.68. The SMILES string of the molecule is COc1ccc2c(c1)[C@@H](O)CC(c1cc(Cl)ccc1F)O2. The molecular formula is C16H14ClFO3. The van der Waals surface area contributed by atoms with Crippen molar-refractivity contribution in [2.24, 2.45) is 0 Å². The summed E-state index contributed by atoms with van der Waals surface area (Å²) in [6.45, 7) is 0. The van der Waals surface area contributed by atoms with E-state index in [1.165, 1.54) is 18.2 Å². The third-order valence-electron chi connectivity index (χ3n) is 3.59. The summed E-state index contributed by atoms with van der Waals surface area (Å²) in [5.41, 5.74) is 0.996. The van der Waals surface area contributed by atoms with E-state index in [0.717, 1.165) is 0 Å². The van der Waals surface area contributed by atoms with Crippen LogP contribution in [0.4, 0.5) is 4.39 Å². The molecule has 1 unspecified atom stereocenters. The number of hydrogen-bond acceptors (Lipinski definition) is 3. The van der Waals surface area contributed by atoms with E-state index in [0.29, 0.717) is 27.6 Å². The van der Waals surface area contributed by atoms with Gasteiger partial charge < -0.3 is 14.6 Å². The van der Waals surface area contributed by atoms with Gasteiger partial charge in [0.05, 0.1) is 13.2 Å². The summed E-state index contributed by atoms with van der Waals surface area (Å²) in [5, 5.41) is 10.7. The zero-order chi connectivity index (χ0) is 15.0. The number of rotatable bonds is 2. The number of ether oxygens (including phenoxy) is 2. The predicted molar refractivity (Wildman–Crippen MR) is 77.3 cm³/mol. The Balaban J connectivity index is 1.96. The molecule has 5 heteroatoms. The average molecular weight is 309 g/mol. The summed E-state index contributed by atoms with van der Waals surface area (Å²) in [6, 6.07) is 9.50. The highest BCUT2D eigenvalue weighted by Gasteiger charge is 2.30. The van der Waals surface area contributed by atoms with Crippen LogP contribution in [0, 0.1) is 5.82 Å². The number of hydrogen-bond donors (Lipinski definition) is 1. The second kappa shape index (κ2) is 5.54. The average Bonchev–Trinajstić information content (AvgIpc) is 2.49. The lowest BCUT2D eigenvalue weighted by Crippen LogP contribution is -2.20.